The van der Waals surface area contributed by atoms with Gasteiger partial charge in [-0.3, -0.25) is 9.59 Å². The first-order chi connectivity index (χ1) is 13.6. The van der Waals surface area contributed by atoms with Crippen LogP contribution in [0.4, 0.5) is 0 Å². The van der Waals surface area contributed by atoms with Crippen molar-refractivity contribution in [3.05, 3.63) is 35.7 Å². The first-order valence-corrected chi connectivity index (χ1v) is 10.2. The molecule has 1 amide bonds. The van der Waals surface area contributed by atoms with E-state index >= 15 is 0 Å². The van der Waals surface area contributed by atoms with Gasteiger partial charge in [0.05, 0.1) is 26.0 Å². The number of esters is 1. The Labute approximate surface area is 169 Å². The molecule has 0 saturated carbocycles. The summed E-state index contributed by atoms with van der Waals surface area (Å²) in [5, 5.41) is 11.9. The molecule has 0 spiro atoms. The number of carbonyl (C=O) groups is 2. The molecule has 0 radical (unpaired) electrons. The molecule has 0 aliphatic carbocycles. The largest absolute Gasteiger partial charge is 0.497 e. The number of nitrogens with one attached hydrogen (secondary N) is 1. The van der Waals surface area contributed by atoms with Gasteiger partial charge in [-0.25, -0.2) is 0 Å². The monoisotopic (exact) mass is 406 g/mol. The van der Waals surface area contributed by atoms with Crippen LogP contribution in [0, 0.1) is 0 Å². The summed E-state index contributed by atoms with van der Waals surface area (Å²) < 4.78 is 12.0. The van der Waals surface area contributed by atoms with Crippen molar-refractivity contribution in [1.29, 1.82) is 0 Å². The third-order valence-electron chi connectivity index (χ3n) is 3.91. The standard InChI is InChI=1S/C19H26N4O4S/c1-4-6-11-23-16(21-22-19(23)28-13-17(24)27-5-2)12-20-18(25)14-7-9-15(26-3)10-8-14/h7-10H,4-6,11-13H2,1-3H3,(H,20,25). The topological polar surface area (TPSA) is 95.3 Å². The number of carbonyl (C=O) groups excluding carboxylic acids is 2. The molecule has 0 bridgehead atoms. The number of unbranched alkanes of at least 4 members (excludes halogenated alkanes) is 1. The Morgan fingerprint density at radius 3 is 2.57 bits per heavy atom. The van der Waals surface area contributed by atoms with Gasteiger partial charge in [0, 0.05) is 12.1 Å². The highest BCUT2D eigenvalue weighted by molar-refractivity contribution is 7.99. The van der Waals surface area contributed by atoms with E-state index in [0.29, 0.717) is 28.9 Å². The summed E-state index contributed by atoms with van der Waals surface area (Å²) >= 11 is 1.29. The van der Waals surface area contributed by atoms with Crippen molar-refractivity contribution in [1.82, 2.24) is 20.1 Å². The fraction of sp³-hybridized carbons (Fsp3) is 0.474. The summed E-state index contributed by atoms with van der Waals surface area (Å²) in [6.45, 7) is 5.20. The summed E-state index contributed by atoms with van der Waals surface area (Å²) in [7, 11) is 1.58. The van der Waals surface area contributed by atoms with E-state index in [-0.39, 0.29) is 24.2 Å². The number of hydrogen-bond donors (Lipinski definition) is 1. The van der Waals surface area contributed by atoms with Gasteiger partial charge in [0.1, 0.15) is 5.75 Å². The average molecular weight is 407 g/mol. The zero-order valence-electron chi connectivity index (χ0n) is 16.4. The van der Waals surface area contributed by atoms with E-state index < -0.39 is 0 Å². The Balaban J connectivity index is 2.02. The van der Waals surface area contributed by atoms with E-state index in [1.54, 1.807) is 38.3 Å². The second-order valence-corrected chi connectivity index (χ2v) is 6.85. The van der Waals surface area contributed by atoms with Crippen molar-refractivity contribution in [3.8, 4) is 5.75 Å². The maximum absolute atomic E-state index is 12.4. The van der Waals surface area contributed by atoms with Crippen LogP contribution in [0.15, 0.2) is 29.4 Å². The van der Waals surface area contributed by atoms with Crippen molar-refractivity contribution in [2.45, 2.75) is 44.9 Å². The SMILES string of the molecule is CCCCn1c(CNC(=O)c2ccc(OC)cc2)nnc1SCC(=O)OCC. The smallest absolute Gasteiger partial charge is 0.316 e. The van der Waals surface area contributed by atoms with Gasteiger partial charge in [-0.1, -0.05) is 25.1 Å². The van der Waals surface area contributed by atoms with Gasteiger partial charge in [-0.05, 0) is 37.6 Å². The fourth-order valence-corrected chi connectivity index (χ4v) is 3.21. The van der Waals surface area contributed by atoms with Gasteiger partial charge in [0.2, 0.25) is 0 Å². The quantitative estimate of drug-likeness (QED) is 0.453. The molecule has 0 atom stereocenters. The van der Waals surface area contributed by atoms with Crippen molar-refractivity contribution in [2.75, 3.05) is 19.5 Å². The number of thioether (sulfide) groups is 1. The molecular formula is C19H26N4O4S. The maximum Gasteiger partial charge on any atom is 0.316 e. The molecule has 28 heavy (non-hydrogen) atoms. The van der Waals surface area contributed by atoms with Gasteiger partial charge in [-0.2, -0.15) is 0 Å². The predicted octanol–water partition coefficient (Wildman–Crippen LogP) is 2.67. The molecular weight excluding hydrogens is 380 g/mol. The number of amides is 1. The molecule has 9 heteroatoms. The third-order valence-corrected chi connectivity index (χ3v) is 4.85. The van der Waals surface area contributed by atoms with Gasteiger partial charge in [0.15, 0.2) is 11.0 Å². The number of hydrogen-bond acceptors (Lipinski definition) is 7. The first kappa shape index (κ1) is 21.7. The van der Waals surface area contributed by atoms with Crippen LogP contribution in [0.5, 0.6) is 5.75 Å². The van der Waals surface area contributed by atoms with E-state index in [2.05, 4.69) is 22.4 Å². The second-order valence-electron chi connectivity index (χ2n) is 5.91. The van der Waals surface area contributed by atoms with Crippen LogP contribution in [0.2, 0.25) is 0 Å². The molecule has 0 unspecified atom stereocenters. The molecule has 1 heterocycles. The average Bonchev–Trinajstić information content (AvgIpc) is 3.10. The lowest BCUT2D eigenvalue weighted by Crippen LogP contribution is -2.25. The predicted molar refractivity (Wildman–Crippen MR) is 106 cm³/mol. The van der Waals surface area contributed by atoms with Crippen LogP contribution in [-0.4, -0.2) is 46.1 Å². The molecule has 1 aromatic carbocycles. The highest BCUT2D eigenvalue weighted by Crippen LogP contribution is 2.18. The number of methoxy groups -OCH3 is 1. The van der Waals surface area contributed by atoms with Crippen LogP contribution in [-0.2, 0) is 22.6 Å². The van der Waals surface area contributed by atoms with Crippen LogP contribution < -0.4 is 10.1 Å². The Kier molecular flexibility index (Phi) is 8.80. The van der Waals surface area contributed by atoms with Gasteiger partial charge < -0.3 is 19.4 Å². The highest BCUT2D eigenvalue weighted by atomic mass is 32.2. The lowest BCUT2D eigenvalue weighted by molar-refractivity contribution is -0.139. The molecule has 1 N–H and O–H groups in total. The highest BCUT2D eigenvalue weighted by Gasteiger charge is 2.15. The van der Waals surface area contributed by atoms with Crippen molar-refractivity contribution in [3.63, 3.8) is 0 Å². The Morgan fingerprint density at radius 1 is 1.18 bits per heavy atom. The zero-order chi connectivity index (χ0) is 20.4. The van der Waals surface area contributed by atoms with E-state index in [1.165, 1.54) is 11.8 Å². The normalized spacial score (nSPS) is 10.5. The van der Waals surface area contributed by atoms with E-state index in [0.717, 1.165) is 19.4 Å². The fourth-order valence-electron chi connectivity index (χ4n) is 2.43. The van der Waals surface area contributed by atoms with Crippen LogP contribution >= 0.6 is 11.8 Å². The lowest BCUT2D eigenvalue weighted by Gasteiger charge is -2.10. The van der Waals surface area contributed by atoms with E-state index in [4.69, 9.17) is 9.47 Å². The van der Waals surface area contributed by atoms with Crippen LogP contribution in [0.1, 0.15) is 42.9 Å². The zero-order valence-corrected chi connectivity index (χ0v) is 17.3. The molecule has 2 aromatic rings. The summed E-state index contributed by atoms with van der Waals surface area (Å²) in [4.78, 5) is 24.0. The summed E-state index contributed by atoms with van der Waals surface area (Å²) in [5.74, 6) is 1.04. The first-order valence-electron chi connectivity index (χ1n) is 9.21. The van der Waals surface area contributed by atoms with E-state index in [1.807, 2.05) is 4.57 Å². The molecule has 8 nitrogen and oxygen atoms in total. The summed E-state index contributed by atoms with van der Waals surface area (Å²) in [5.41, 5.74) is 0.539. The molecule has 152 valence electrons. The van der Waals surface area contributed by atoms with Gasteiger partial charge >= 0.3 is 5.97 Å². The van der Waals surface area contributed by atoms with Crippen molar-refractivity contribution >= 4 is 23.6 Å². The Morgan fingerprint density at radius 2 is 1.93 bits per heavy atom. The Hall–Kier alpha value is -2.55. The minimum atomic E-state index is -0.285. The number of ether oxygens (including phenoxy) is 2. The van der Waals surface area contributed by atoms with Gasteiger partial charge in [-0.15, -0.1) is 10.2 Å². The third kappa shape index (κ3) is 6.26. The van der Waals surface area contributed by atoms with E-state index in [9.17, 15) is 9.59 Å². The molecule has 0 saturated heterocycles. The maximum atomic E-state index is 12.4. The summed E-state index contributed by atoms with van der Waals surface area (Å²) in [6, 6.07) is 6.89. The van der Waals surface area contributed by atoms with Crippen molar-refractivity contribution in [2.24, 2.45) is 0 Å². The number of aromatic nitrogens is 3. The number of rotatable bonds is 11. The molecule has 2 rings (SSSR count). The van der Waals surface area contributed by atoms with Gasteiger partial charge in [0.25, 0.3) is 5.91 Å². The molecule has 0 fully saturated rings. The number of nitrogens with zero attached hydrogens (tertiary/aromatic N) is 3. The minimum absolute atomic E-state index is 0.177. The molecule has 1 aromatic heterocycles. The minimum Gasteiger partial charge on any atom is -0.497 e. The molecule has 0 aliphatic heterocycles. The number of benzene rings is 1. The van der Waals surface area contributed by atoms with Crippen molar-refractivity contribution < 1.29 is 19.1 Å². The second kappa shape index (κ2) is 11.3. The van der Waals surface area contributed by atoms with Crippen LogP contribution in [0.25, 0.3) is 0 Å². The summed E-state index contributed by atoms with van der Waals surface area (Å²) in [6.07, 6.45) is 1.96. The lowest BCUT2D eigenvalue weighted by atomic mass is 10.2. The Bertz CT molecular complexity index is 777. The molecule has 0 aliphatic rings. The van der Waals surface area contributed by atoms with Crippen LogP contribution in [0.3, 0.4) is 0 Å².